The Morgan fingerprint density at radius 3 is 2.61 bits per heavy atom. The number of nitrogens with one attached hydrogen (secondary N) is 1. The van der Waals surface area contributed by atoms with Crippen LogP contribution in [0.4, 0.5) is 16.2 Å². The number of para-hydroxylation sites is 1. The Bertz CT molecular complexity index is 806. The number of amides is 2. The zero-order valence-corrected chi connectivity index (χ0v) is 13.2. The Hall–Kier alpha value is -2.47. The number of carbonyl (C=O) groups is 2. The molecule has 0 bridgehead atoms. The monoisotopic (exact) mass is 326 g/mol. The first-order chi connectivity index (χ1) is 11.2. The van der Waals surface area contributed by atoms with Crippen LogP contribution >= 0.6 is 11.8 Å². The predicted molar refractivity (Wildman–Crippen MR) is 90.1 cm³/mol. The van der Waals surface area contributed by atoms with E-state index in [1.165, 1.54) is 11.8 Å². The Balaban J connectivity index is 1.87. The first kappa shape index (κ1) is 14.1. The van der Waals surface area contributed by atoms with Gasteiger partial charge in [0.15, 0.2) is 5.54 Å². The smallest absolute Gasteiger partial charge is 0.287 e. The van der Waals surface area contributed by atoms with Crippen LogP contribution in [0.2, 0.25) is 0 Å². The van der Waals surface area contributed by atoms with Crippen molar-refractivity contribution in [2.75, 3.05) is 23.1 Å². The Morgan fingerprint density at radius 1 is 1.13 bits per heavy atom. The van der Waals surface area contributed by atoms with Crippen molar-refractivity contribution in [2.24, 2.45) is 0 Å². The number of nitrogens with zero attached hydrogens (tertiary/aromatic N) is 1. The van der Waals surface area contributed by atoms with Crippen LogP contribution in [0.25, 0.3) is 0 Å². The molecule has 2 aromatic carbocycles. The van der Waals surface area contributed by atoms with E-state index in [1.54, 1.807) is 36.3 Å². The fourth-order valence-corrected chi connectivity index (χ4v) is 4.31. The van der Waals surface area contributed by atoms with Gasteiger partial charge in [0.25, 0.3) is 11.1 Å². The third-order valence-electron chi connectivity index (χ3n) is 4.30. The molecular formula is C17H14N2O3S. The zero-order chi connectivity index (χ0) is 16.0. The lowest BCUT2D eigenvalue weighted by atomic mass is 9.91. The molecule has 2 aromatic rings. The number of methoxy groups -OCH3 is 1. The average Bonchev–Trinajstić information content (AvgIpc) is 3.07. The van der Waals surface area contributed by atoms with Crippen molar-refractivity contribution < 1.29 is 14.3 Å². The lowest BCUT2D eigenvalue weighted by Gasteiger charge is -2.32. The molecule has 5 nitrogen and oxygen atoms in total. The van der Waals surface area contributed by atoms with Gasteiger partial charge in [-0.3, -0.25) is 14.5 Å². The second kappa shape index (κ2) is 5.03. The van der Waals surface area contributed by atoms with Gasteiger partial charge in [-0.05, 0) is 30.3 Å². The normalized spacial score (nSPS) is 22.4. The van der Waals surface area contributed by atoms with E-state index in [0.717, 1.165) is 11.3 Å². The van der Waals surface area contributed by atoms with Gasteiger partial charge in [0, 0.05) is 22.7 Å². The lowest BCUT2D eigenvalue weighted by Crippen LogP contribution is -2.50. The highest BCUT2D eigenvalue weighted by Gasteiger charge is 2.57. The molecule has 1 spiro atoms. The van der Waals surface area contributed by atoms with Crippen LogP contribution in [-0.4, -0.2) is 24.0 Å². The summed E-state index contributed by atoms with van der Waals surface area (Å²) in [6.45, 7) is 0. The highest BCUT2D eigenvalue weighted by atomic mass is 32.2. The van der Waals surface area contributed by atoms with Crippen LogP contribution in [0.1, 0.15) is 5.56 Å². The van der Waals surface area contributed by atoms with Crippen molar-refractivity contribution in [3.8, 4) is 5.75 Å². The minimum Gasteiger partial charge on any atom is -0.497 e. The van der Waals surface area contributed by atoms with Gasteiger partial charge in [-0.2, -0.15) is 0 Å². The fourth-order valence-electron chi connectivity index (χ4n) is 3.17. The van der Waals surface area contributed by atoms with Crippen molar-refractivity contribution in [3.05, 3.63) is 54.1 Å². The Labute approximate surface area is 137 Å². The summed E-state index contributed by atoms with van der Waals surface area (Å²) in [4.78, 5) is 26.9. The molecule has 1 saturated heterocycles. The van der Waals surface area contributed by atoms with Gasteiger partial charge in [0.2, 0.25) is 0 Å². The van der Waals surface area contributed by atoms with Gasteiger partial charge in [-0.25, -0.2) is 0 Å². The van der Waals surface area contributed by atoms with Gasteiger partial charge >= 0.3 is 0 Å². The molecule has 23 heavy (non-hydrogen) atoms. The molecular weight excluding hydrogens is 312 g/mol. The van der Waals surface area contributed by atoms with Gasteiger partial charge in [0.1, 0.15) is 5.75 Å². The maximum absolute atomic E-state index is 12.8. The summed E-state index contributed by atoms with van der Waals surface area (Å²) in [5.41, 5.74) is 1.32. The lowest BCUT2D eigenvalue weighted by molar-refractivity contribution is -0.119. The molecule has 1 fully saturated rings. The van der Waals surface area contributed by atoms with Crippen LogP contribution in [0.5, 0.6) is 5.75 Å². The molecule has 2 amide bonds. The van der Waals surface area contributed by atoms with E-state index in [4.69, 9.17) is 4.74 Å². The number of hydrogen-bond donors (Lipinski definition) is 1. The summed E-state index contributed by atoms with van der Waals surface area (Å²) >= 11 is 1.17. The quantitative estimate of drug-likeness (QED) is 0.920. The number of fused-ring (bicyclic) bond motifs is 2. The van der Waals surface area contributed by atoms with Crippen LogP contribution in [0, 0.1) is 0 Å². The number of benzene rings is 2. The predicted octanol–water partition coefficient (Wildman–Crippen LogP) is 3.22. The zero-order valence-electron chi connectivity index (χ0n) is 12.4. The highest BCUT2D eigenvalue weighted by Crippen LogP contribution is 2.50. The molecule has 0 saturated carbocycles. The van der Waals surface area contributed by atoms with E-state index in [0.29, 0.717) is 17.2 Å². The van der Waals surface area contributed by atoms with E-state index >= 15 is 0 Å². The first-order valence-electron chi connectivity index (χ1n) is 7.19. The SMILES string of the molecule is COc1ccc(N2C(=O)SC[C@]23C(=O)Nc2ccccc23)cc1. The molecule has 6 heteroatoms. The average molecular weight is 326 g/mol. The van der Waals surface area contributed by atoms with Crippen LogP contribution in [0.15, 0.2) is 48.5 Å². The standard InChI is InChI=1S/C17H14N2O3S/c1-22-12-8-6-11(7-9-12)19-16(21)23-10-17(19)13-4-2-3-5-14(13)18-15(17)20/h2-9H,10H2,1H3,(H,18,20)/t17-/m0/s1. The van der Waals surface area contributed by atoms with Gasteiger partial charge < -0.3 is 10.1 Å². The van der Waals surface area contributed by atoms with Crippen molar-refractivity contribution in [1.29, 1.82) is 0 Å². The molecule has 1 N–H and O–H groups in total. The first-order valence-corrected chi connectivity index (χ1v) is 8.17. The molecule has 2 aliphatic heterocycles. The Morgan fingerprint density at radius 2 is 1.87 bits per heavy atom. The van der Waals surface area contributed by atoms with E-state index in [2.05, 4.69) is 5.32 Å². The minimum absolute atomic E-state index is 0.123. The topological polar surface area (TPSA) is 58.6 Å². The summed E-state index contributed by atoms with van der Waals surface area (Å²) < 4.78 is 5.17. The molecule has 0 aliphatic carbocycles. The third kappa shape index (κ3) is 1.88. The highest BCUT2D eigenvalue weighted by molar-refractivity contribution is 8.14. The Kier molecular flexibility index (Phi) is 3.09. The number of carbonyl (C=O) groups excluding carboxylic acids is 2. The van der Waals surface area contributed by atoms with Gasteiger partial charge in [0.05, 0.1) is 7.11 Å². The number of rotatable bonds is 2. The number of anilines is 2. The van der Waals surface area contributed by atoms with Crippen molar-refractivity contribution in [1.82, 2.24) is 0 Å². The largest absolute Gasteiger partial charge is 0.497 e. The second-order valence-electron chi connectivity index (χ2n) is 5.45. The summed E-state index contributed by atoms with van der Waals surface area (Å²) in [7, 11) is 1.59. The molecule has 0 unspecified atom stereocenters. The maximum atomic E-state index is 12.8. The van der Waals surface area contributed by atoms with Gasteiger partial charge in [-0.15, -0.1) is 0 Å². The van der Waals surface area contributed by atoms with E-state index < -0.39 is 5.54 Å². The van der Waals surface area contributed by atoms with Crippen LogP contribution < -0.4 is 15.0 Å². The van der Waals surface area contributed by atoms with Crippen LogP contribution in [-0.2, 0) is 10.3 Å². The number of ether oxygens (including phenoxy) is 1. The van der Waals surface area contributed by atoms with Crippen molar-refractivity contribution in [2.45, 2.75) is 5.54 Å². The molecule has 2 aliphatic rings. The van der Waals surface area contributed by atoms with E-state index in [-0.39, 0.29) is 11.1 Å². The number of hydrogen-bond acceptors (Lipinski definition) is 4. The van der Waals surface area contributed by atoms with E-state index in [1.807, 2.05) is 24.3 Å². The number of thioether (sulfide) groups is 1. The minimum atomic E-state index is -0.979. The van der Waals surface area contributed by atoms with Crippen molar-refractivity contribution >= 4 is 34.3 Å². The fraction of sp³-hybridized carbons (Fsp3) is 0.176. The summed E-state index contributed by atoms with van der Waals surface area (Å²) in [6, 6.07) is 14.7. The molecule has 116 valence electrons. The molecule has 0 radical (unpaired) electrons. The summed E-state index contributed by atoms with van der Waals surface area (Å²) in [5.74, 6) is 0.951. The van der Waals surface area contributed by atoms with Gasteiger partial charge in [-0.1, -0.05) is 30.0 Å². The maximum Gasteiger partial charge on any atom is 0.287 e. The van der Waals surface area contributed by atoms with E-state index in [9.17, 15) is 9.59 Å². The molecule has 2 heterocycles. The van der Waals surface area contributed by atoms with Crippen molar-refractivity contribution in [3.63, 3.8) is 0 Å². The molecule has 1 atom stereocenters. The second-order valence-corrected chi connectivity index (χ2v) is 6.37. The summed E-state index contributed by atoms with van der Waals surface area (Å²) in [5, 5.41) is 2.78. The molecule has 0 aromatic heterocycles. The van der Waals surface area contributed by atoms with Crippen LogP contribution in [0.3, 0.4) is 0 Å². The molecule has 4 rings (SSSR count). The third-order valence-corrected chi connectivity index (χ3v) is 5.29. The summed E-state index contributed by atoms with van der Waals surface area (Å²) in [6.07, 6.45) is 0.